The quantitative estimate of drug-likeness (QED) is 0.845. The Morgan fingerprint density at radius 3 is 3.12 bits per heavy atom. The number of hydrogen-bond donors (Lipinski definition) is 1. The summed E-state index contributed by atoms with van der Waals surface area (Å²) in [5.41, 5.74) is 2.93. The molecule has 17 heavy (non-hydrogen) atoms. The van der Waals surface area contributed by atoms with Gasteiger partial charge in [-0.05, 0) is 55.8 Å². The molecule has 0 amide bonds. The second kappa shape index (κ2) is 5.19. The topological polar surface area (TPSA) is 21.3 Å². The number of hydrogen-bond acceptors (Lipinski definition) is 2. The van der Waals surface area contributed by atoms with Crippen molar-refractivity contribution in [2.75, 3.05) is 19.7 Å². The molecule has 1 aromatic carbocycles. The summed E-state index contributed by atoms with van der Waals surface area (Å²) >= 11 is 0. The van der Waals surface area contributed by atoms with Crippen LogP contribution in [0.5, 0.6) is 0 Å². The van der Waals surface area contributed by atoms with Crippen LogP contribution in [0.3, 0.4) is 0 Å². The average Bonchev–Trinajstić information content (AvgIpc) is 2.40. The van der Waals surface area contributed by atoms with E-state index in [9.17, 15) is 0 Å². The summed E-state index contributed by atoms with van der Waals surface area (Å²) in [7, 11) is 0. The third kappa shape index (κ3) is 2.53. The minimum atomic E-state index is 0.338. The van der Waals surface area contributed by atoms with Crippen molar-refractivity contribution in [1.29, 1.82) is 0 Å². The monoisotopic (exact) mass is 231 g/mol. The highest BCUT2D eigenvalue weighted by molar-refractivity contribution is 5.30. The van der Waals surface area contributed by atoms with E-state index in [2.05, 4.69) is 29.6 Å². The van der Waals surface area contributed by atoms with Gasteiger partial charge < -0.3 is 10.1 Å². The van der Waals surface area contributed by atoms with Gasteiger partial charge in [0.25, 0.3) is 0 Å². The standard InChI is InChI=1S/C15H21NO/c1-2-6-14-13(5-1)7-9-17-15(14)10-12-4-3-8-16-11-12/h1-2,5-6,12,15-16H,3-4,7-11H2. The maximum absolute atomic E-state index is 5.98. The first-order valence-corrected chi connectivity index (χ1v) is 6.83. The number of nitrogens with one attached hydrogen (secondary N) is 1. The molecule has 0 bridgehead atoms. The van der Waals surface area contributed by atoms with Crippen LogP contribution >= 0.6 is 0 Å². The lowest BCUT2D eigenvalue weighted by Crippen LogP contribution is -2.31. The molecular weight excluding hydrogens is 210 g/mol. The van der Waals surface area contributed by atoms with E-state index in [4.69, 9.17) is 4.74 Å². The van der Waals surface area contributed by atoms with Crippen molar-refractivity contribution in [2.24, 2.45) is 5.92 Å². The van der Waals surface area contributed by atoms with E-state index in [1.807, 2.05) is 0 Å². The highest BCUT2D eigenvalue weighted by atomic mass is 16.5. The molecule has 1 saturated heterocycles. The van der Waals surface area contributed by atoms with Gasteiger partial charge in [0.2, 0.25) is 0 Å². The van der Waals surface area contributed by atoms with Gasteiger partial charge in [0.1, 0.15) is 0 Å². The molecule has 0 spiro atoms. The highest BCUT2D eigenvalue weighted by Gasteiger charge is 2.24. The van der Waals surface area contributed by atoms with Crippen LogP contribution in [0.4, 0.5) is 0 Å². The normalized spacial score (nSPS) is 28.7. The summed E-state index contributed by atoms with van der Waals surface area (Å²) in [5, 5.41) is 3.49. The van der Waals surface area contributed by atoms with Crippen molar-refractivity contribution < 1.29 is 4.74 Å². The summed E-state index contributed by atoms with van der Waals surface area (Å²) in [6.45, 7) is 3.25. The maximum atomic E-state index is 5.98. The lowest BCUT2D eigenvalue weighted by atomic mass is 9.88. The SMILES string of the molecule is c1ccc2c(c1)CCOC2CC1CCCNC1. The highest BCUT2D eigenvalue weighted by Crippen LogP contribution is 2.33. The number of piperidine rings is 1. The molecule has 0 aromatic heterocycles. The van der Waals surface area contributed by atoms with Gasteiger partial charge >= 0.3 is 0 Å². The Balaban J connectivity index is 1.71. The first-order valence-electron chi connectivity index (χ1n) is 6.83. The zero-order valence-corrected chi connectivity index (χ0v) is 10.3. The third-order valence-corrected chi connectivity index (χ3v) is 4.04. The van der Waals surface area contributed by atoms with Gasteiger partial charge in [-0.3, -0.25) is 0 Å². The molecule has 2 aliphatic heterocycles. The molecule has 2 nitrogen and oxygen atoms in total. The van der Waals surface area contributed by atoms with Crippen LogP contribution < -0.4 is 5.32 Å². The molecule has 1 aromatic rings. The van der Waals surface area contributed by atoms with E-state index >= 15 is 0 Å². The molecule has 2 atom stereocenters. The molecule has 3 rings (SSSR count). The zero-order valence-electron chi connectivity index (χ0n) is 10.3. The van der Waals surface area contributed by atoms with Crippen LogP contribution in [-0.2, 0) is 11.2 Å². The summed E-state index contributed by atoms with van der Waals surface area (Å²) in [6, 6.07) is 8.78. The Morgan fingerprint density at radius 2 is 2.24 bits per heavy atom. The van der Waals surface area contributed by atoms with Gasteiger partial charge in [0, 0.05) is 0 Å². The fraction of sp³-hybridized carbons (Fsp3) is 0.600. The second-order valence-electron chi connectivity index (χ2n) is 5.26. The smallest absolute Gasteiger partial charge is 0.0830 e. The van der Waals surface area contributed by atoms with E-state index in [0.717, 1.165) is 18.9 Å². The van der Waals surface area contributed by atoms with Gasteiger partial charge in [-0.2, -0.15) is 0 Å². The summed E-state index contributed by atoms with van der Waals surface area (Å²) < 4.78 is 5.98. The molecule has 0 radical (unpaired) electrons. The fourth-order valence-electron chi connectivity index (χ4n) is 3.10. The van der Waals surface area contributed by atoms with Crippen molar-refractivity contribution in [3.05, 3.63) is 35.4 Å². The maximum Gasteiger partial charge on any atom is 0.0830 e. The molecular formula is C15H21NO. The second-order valence-corrected chi connectivity index (χ2v) is 5.26. The molecule has 1 N–H and O–H groups in total. The van der Waals surface area contributed by atoms with Crippen molar-refractivity contribution >= 4 is 0 Å². The van der Waals surface area contributed by atoms with Crippen molar-refractivity contribution in [3.8, 4) is 0 Å². The van der Waals surface area contributed by atoms with Crippen LogP contribution in [0.25, 0.3) is 0 Å². The van der Waals surface area contributed by atoms with Gasteiger partial charge in [-0.1, -0.05) is 24.3 Å². The van der Waals surface area contributed by atoms with Crippen LogP contribution in [0, 0.1) is 5.92 Å². The minimum Gasteiger partial charge on any atom is -0.373 e. The molecule has 2 aliphatic rings. The Kier molecular flexibility index (Phi) is 3.44. The predicted octanol–water partition coefficient (Wildman–Crippen LogP) is 2.69. The van der Waals surface area contributed by atoms with Crippen molar-refractivity contribution in [2.45, 2.75) is 31.8 Å². The Bertz CT molecular complexity index is 371. The van der Waals surface area contributed by atoms with Crippen LogP contribution in [0.1, 0.15) is 36.5 Å². The molecule has 1 fully saturated rings. The van der Waals surface area contributed by atoms with Gasteiger partial charge in [-0.15, -0.1) is 0 Å². The van der Waals surface area contributed by atoms with Crippen LogP contribution in [0.15, 0.2) is 24.3 Å². The zero-order chi connectivity index (χ0) is 11.5. The summed E-state index contributed by atoms with van der Waals surface area (Å²) in [4.78, 5) is 0. The van der Waals surface area contributed by atoms with Gasteiger partial charge in [-0.25, -0.2) is 0 Å². The van der Waals surface area contributed by atoms with Gasteiger partial charge in [0.15, 0.2) is 0 Å². The van der Waals surface area contributed by atoms with Crippen molar-refractivity contribution in [3.63, 3.8) is 0 Å². The molecule has 2 unspecified atom stereocenters. The number of fused-ring (bicyclic) bond motifs is 1. The first kappa shape index (κ1) is 11.2. The predicted molar refractivity (Wildman–Crippen MR) is 69.0 cm³/mol. The van der Waals surface area contributed by atoms with Crippen LogP contribution in [0.2, 0.25) is 0 Å². The van der Waals surface area contributed by atoms with Crippen LogP contribution in [-0.4, -0.2) is 19.7 Å². The first-order chi connectivity index (χ1) is 8.43. The lowest BCUT2D eigenvalue weighted by molar-refractivity contribution is 0.0227. The Morgan fingerprint density at radius 1 is 1.29 bits per heavy atom. The minimum absolute atomic E-state index is 0.338. The van der Waals surface area contributed by atoms with Crippen molar-refractivity contribution in [1.82, 2.24) is 5.32 Å². The third-order valence-electron chi connectivity index (χ3n) is 4.04. The lowest BCUT2D eigenvalue weighted by Gasteiger charge is -2.31. The molecule has 0 saturated carbocycles. The Hall–Kier alpha value is -0.860. The summed E-state index contributed by atoms with van der Waals surface area (Å²) in [6.07, 6.45) is 5.28. The van der Waals surface area contributed by atoms with E-state index in [1.165, 1.54) is 43.5 Å². The number of ether oxygens (including phenoxy) is 1. The van der Waals surface area contributed by atoms with Gasteiger partial charge in [0.05, 0.1) is 12.7 Å². The molecule has 0 aliphatic carbocycles. The summed E-state index contributed by atoms with van der Waals surface area (Å²) in [5.74, 6) is 0.792. The van der Waals surface area contributed by atoms with E-state index in [0.29, 0.717) is 6.10 Å². The Labute approximate surface area is 103 Å². The largest absolute Gasteiger partial charge is 0.373 e. The molecule has 2 heterocycles. The average molecular weight is 231 g/mol. The molecule has 92 valence electrons. The van der Waals surface area contributed by atoms with E-state index in [1.54, 1.807) is 0 Å². The molecule has 2 heteroatoms. The fourth-order valence-corrected chi connectivity index (χ4v) is 3.10. The van der Waals surface area contributed by atoms with E-state index in [-0.39, 0.29) is 0 Å². The van der Waals surface area contributed by atoms with E-state index < -0.39 is 0 Å². The number of rotatable bonds is 2. The number of benzene rings is 1.